The highest BCUT2D eigenvalue weighted by Gasteiger charge is 2.30. The number of carboxylic acids is 7. The van der Waals surface area contributed by atoms with Crippen LogP contribution >= 0.6 is 19.8 Å². The molecule has 0 saturated heterocycles. The lowest BCUT2D eigenvalue weighted by molar-refractivity contribution is -0.873. The molecule has 0 rings (SSSR count). The fourth-order valence-corrected chi connectivity index (χ4v) is 1.70. The highest BCUT2D eigenvalue weighted by Crippen LogP contribution is 1.98. The molecule has 0 bridgehead atoms. The Hall–Kier alpha value is -3.17. The number of carbonyl (C=O) groups is 7. The second-order valence-corrected chi connectivity index (χ2v) is 8.40. The summed E-state index contributed by atoms with van der Waals surface area (Å²) in [5.74, 6) is -11.9. The molecule has 0 spiro atoms. The first-order valence-corrected chi connectivity index (χ1v) is 10.3. The number of aliphatic hydroxyl groups excluding tert-OH is 7. The van der Waals surface area contributed by atoms with Gasteiger partial charge in [0, 0.05) is 0 Å². The summed E-state index contributed by atoms with van der Waals surface area (Å²) < 4.78 is 0.578. The van der Waals surface area contributed by atoms with Crippen LogP contribution in [0.2, 0.25) is 0 Å². The van der Waals surface area contributed by atoms with Crippen molar-refractivity contribution in [1.29, 1.82) is 0 Å². The molecule has 0 aliphatic carbocycles. The average Bonchev–Trinajstić information content (AvgIpc) is 2.79. The normalized spacial score (nSPS) is 14.7. The van der Waals surface area contributed by atoms with E-state index in [0.717, 1.165) is 0 Å². The molecule has 8 unspecified atom stereocenters. The van der Waals surface area contributed by atoms with Crippen LogP contribution in [0, 0.1) is 0 Å². The van der Waals surface area contributed by atoms with Crippen LogP contribution in [0.4, 0.5) is 0 Å². The maximum atomic E-state index is 10.1. The molecule has 0 saturated carbocycles. The monoisotopic (exact) mass is 679 g/mol. The molecule has 22 nitrogen and oxygen atoms in total. The predicted octanol–water partition coefficient (Wildman–Crippen LogP) is -8.06. The second kappa shape index (κ2) is 25.3. The Morgan fingerprint density at radius 1 is 0.512 bits per heavy atom. The van der Waals surface area contributed by atoms with Gasteiger partial charge in [0.05, 0.1) is 33.5 Å². The molecule has 43 heavy (non-hydrogen) atoms. The van der Waals surface area contributed by atoms with Crippen molar-refractivity contribution in [1.82, 2.24) is 0 Å². The van der Waals surface area contributed by atoms with E-state index >= 15 is 0 Å². The minimum absolute atomic E-state index is 0. The van der Waals surface area contributed by atoms with Crippen molar-refractivity contribution in [2.24, 2.45) is 0 Å². The van der Waals surface area contributed by atoms with Crippen LogP contribution in [0.15, 0.2) is 0 Å². The van der Waals surface area contributed by atoms with Gasteiger partial charge in [0.2, 0.25) is 0 Å². The summed E-state index contributed by atoms with van der Waals surface area (Å²) >= 11 is 0. The van der Waals surface area contributed by atoms with E-state index in [4.69, 9.17) is 66.4 Å². The molecular formula is C19H39NO21P2. The largest absolute Gasteiger partial charge is 0.547 e. The molecular weight excluding hydrogens is 640 g/mol. The number of carboxylic acid groups (broad SMARTS) is 7. The van der Waals surface area contributed by atoms with E-state index in [1.807, 2.05) is 21.1 Å². The van der Waals surface area contributed by atoms with Gasteiger partial charge in [-0.1, -0.05) is 0 Å². The number of aliphatic hydroxyl groups is 7. The summed E-state index contributed by atoms with van der Waals surface area (Å²) in [5, 5.41) is 117. The summed E-state index contributed by atoms with van der Waals surface area (Å²) in [5.41, 5.74) is 0. The van der Waals surface area contributed by atoms with Crippen molar-refractivity contribution >= 4 is 61.6 Å². The highest BCUT2D eigenvalue weighted by atomic mass is 31.0. The molecule has 0 amide bonds. The number of nitrogens with zero attached hydrogens (tertiary/aromatic N) is 1. The zero-order valence-corrected chi connectivity index (χ0v) is 25.7. The van der Waals surface area contributed by atoms with Crippen molar-refractivity contribution in [3.05, 3.63) is 0 Å². The third-order valence-electron chi connectivity index (χ3n) is 3.57. The van der Waals surface area contributed by atoms with Gasteiger partial charge < -0.3 is 80.8 Å². The molecule has 0 aromatic rings. The lowest BCUT2D eigenvalue weighted by atomic mass is 10.2. The first-order chi connectivity index (χ1) is 18.2. The smallest absolute Gasteiger partial charge is 0.335 e. The van der Waals surface area contributed by atoms with Gasteiger partial charge in [0.1, 0.15) is 18.8 Å². The van der Waals surface area contributed by atoms with Gasteiger partial charge in [-0.15, -0.1) is 0 Å². The van der Waals surface area contributed by atoms with Crippen molar-refractivity contribution in [3.63, 3.8) is 0 Å². The minimum Gasteiger partial charge on any atom is -0.547 e. The van der Waals surface area contributed by atoms with Gasteiger partial charge in [-0.3, -0.25) is 4.79 Å². The van der Waals surface area contributed by atoms with Crippen LogP contribution in [-0.2, 0) is 33.6 Å². The van der Waals surface area contributed by atoms with Gasteiger partial charge in [-0.2, -0.15) is 19.8 Å². The van der Waals surface area contributed by atoms with Crippen molar-refractivity contribution in [2.45, 2.75) is 49.1 Å². The highest BCUT2D eigenvalue weighted by molar-refractivity contribution is 6.92. The lowest BCUT2D eigenvalue weighted by Gasteiger charge is -2.25. The van der Waals surface area contributed by atoms with E-state index in [0.29, 0.717) is 11.0 Å². The van der Waals surface area contributed by atoms with E-state index in [9.17, 15) is 38.7 Å². The lowest BCUT2D eigenvalue weighted by Crippen LogP contribution is -2.46. The number of hydrogen-bond acceptors (Lipinski definition) is 15. The minimum atomic E-state index is -2.38. The standard InChI is InChI=1S/C7H15NO3.3C4H6O6.2H3P/c1-8(2,3)5-6(9)4-7(10)11;3*5-1(3(7)8)2(6)4(9)10;;/h6,9H,4-5H2,1-3H3;3*1-2,5-6H,(H,7,8)(H,9,10);2*1H3/t6-;;;;;/m1...../s1. The molecule has 0 aromatic carbocycles. The summed E-state index contributed by atoms with van der Waals surface area (Å²) in [6, 6.07) is 0. The van der Waals surface area contributed by atoms with Crippen molar-refractivity contribution in [2.75, 3.05) is 27.7 Å². The predicted molar refractivity (Wildman–Crippen MR) is 143 cm³/mol. The fraction of sp³-hybridized carbons (Fsp3) is 0.632. The third kappa shape index (κ3) is 30.1. The molecule has 0 fully saturated rings. The Morgan fingerprint density at radius 2 is 0.721 bits per heavy atom. The number of quaternary nitrogens is 1. The summed E-state index contributed by atoms with van der Waals surface area (Å²) in [7, 11) is 5.72. The number of likely N-dealkylation sites (N-methyl/N-ethyl adjacent to an activating group) is 1. The van der Waals surface area contributed by atoms with Gasteiger partial charge >= 0.3 is 35.8 Å². The maximum Gasteiger partial charge on any atom is 0.335 e. The van der Waals surface area contributed by atoms with Gasteiger partial charge in [0.15, 0.2) is 30.5 Å². The SMILES string of the molecule is C[N+](C)(C)C[C@H](O)CC(=O)O.O=C(O)C(O)C(O)C(=O)O.O=C(O)C(O)C(O)C(=O)O.O=C([O-])C(O)C(O)C(=O)O.P.P. The molecule has 9 atom stereocenters. The van der Waals surface area contributed by atoms with Crippen LogP contribution < -0.4 is 5.11 Å². The van der Waals surface area contributed by atoms with E-state index in [2.05, 4.69) is 0 Å². The Morgan fingerprint density at radius 3 is 0.837 bits per heavy atom. The maximum absolute atomic E-state index is 10.1. The van der Waals surface area contributed by atoms with E-state index < -0.39 is 84.5 Å². The van der Waals surface area contributed by atoms with E-state index in [-0.39, 0.29) is 26.2 Å². The van der Waals surface area contributed by atoms with E-state index in [1.54, 1.807) is 0 Å². The number of rotatable bonds is 13. The molecule has 13 N–H and O–H groups in total. The Labute approximate surface area is 248 Å². The quantitative estimate of drug-likeness (QED) is 0.0634. The second-order valence-electron chi connectivity index (χ2n) is 8.40. The molecule has 0 heterocycles. The zero-order valence-electron chi connectivity index (χ0n) is 22.9. The first kappa shape index (κ1) is 52.5. The Balaban J connectivity index is -0.000000105. The third-order valence-corrected chi connectivity index (χ3v) is 3.57. The molecule has 256 valence electrons. The zero-order chi connectivity index (χ0) is 34.0. The van der Waals surface area contributed by atoms with Crippen molar-refractivity contribution in [3.8, 4) is 0 Å². The molecule has 0 aliphatic heterocycles. The number of hydrogen-bond donors (Lipinski definition) is 13. The van der Waals surface area contributed by atoms with Crippen LogP contribution in [0.5, 0.6) is 0 Å². The first-order valence-electron chi connectivity index (χ1n) is 10.3. The van der Waals surface area contributed by atoms with Crippen LogP contribution in [0.3, 0.4) is 0 Å². The van der Waals surface area contributed by atoms with Crippen LogP contribution in [-0.4, -0.2) is 183 Å². The Kier molecular flexibility index (Phi) is 30.9. The summed E-state index contributed by atoms with van der Waals surface area (Å²) in [6.07, 6.45) is -14.7. The number of aliphatic carboxylic acids is 7. The molecule has 0 radical (unpaired) electrons. The number of carbonyl (C=O) groups excluding carboxylic acids is 1. The topological polar surface area (TPSA) is 406 Å². The van der Waals surface area contributed by atoms with Gasteiger partial charge in [0.25, 0.3) is 0 Å². The molecule has 0 aliphatic rings. The van der Waals surface area contributed by atoms with Crippen LogP contribution in [0.25, 0.3) is 0 Å². The molecule has 0 aromatic heterocycles. The van der Waals surface area contributed by atoms with Crippen LogP contribution in [0.1, 0.15) is 6.42 Å². The summed E-state index contributed by atoms with van der Waals surface area (Å²) in [4.78, 5) is 68.6. The average molecular weight is 679 g/mol. The summed E-state index contributed by atoms with van der Waals surface area (Å²) in [6.45, 7) is 0.465. The fourth-order valence-electron chi connectivity index (χ4n) is 1.70. The molecule has 24 heteroatoms. The van der Waals surface area contributed by atoms with Gasteiger partial charge in [-0.05, 0) is 0 Å². The van der Waals surface area contributed by atoms with Gasteiger partial charge in [-0.25, -0.2) is 24.0 Å². The Bertz CT molecular complexity index is 755. The van der Waals surface area contributed by atoms with Crippen molar-refractivity contribution < 1.29 is 110 Å². The van der Waals surface area contributed by atoms with E-state index in [1.165, 1.54) is 0 Å².